The molecule has 0 saturated carbocycles. The fraction of sp³-hybridized carbons (Fsp3) is 0.143. The minimum absolute atomic E-state index is 0.511. The number of aryl methyl sites for hydroxylation is 1. The predicted octanol–water partition coefficient (Wildman–Crippen LogP) is 4.12. The zero-order valence-corrected chi connectivity index (χ0v) is 12.3. The number of halogens is 2. The molecule has 20 heavy (non-hydrogen) atoms. The molecular formula is C14H12Cl2N4. The summed E-state index contributed by atoms with van der Waals surface area (Å²) in [6.07, 6.45) is 0. The molecule has 0 bridgehead atoms. The number of fused-ring (bicyclic) bond motifs is 1. The molecule has 1 N–H and O–H groups in total. The Kier molecular flexibility index (Phi) is 3.51. The molecule has 2 aromatic carbocycles. The molecule has 4 nitrogen and oxygen atoms in total. The van der Waals surface area contributed by atoms with Crippen molar-refractivity contribution in [1.29, 1.82) is 0 Å². The Balaban J connectivity index is 1.81. The molecule has 1 heterocycles. The third-order valence-electron chi connectivity index (χ3n) is 3.02. The summed E-state index contributed by atoms with van der Waals surface area (Å²) < 4.78 is 1.80. The van der Waals surface area contributed by atoms with E-state index in [1.54, 1.807) is 16.8 Å². The van der Waals surface area contributed by atoms with Crippen LogP contribution in [-0.2, 0) is 6.67 Å². The normalized spacial score (nSPS) is 10.9. The molecular weight excluding hydrogens is 295 g/mol. The highest BCUT2D eigenvalue weighted by Crippen LogP contribution is 2.25. The molecule has 0 aliphatic carbocycles. The standard InChI is InChI=1S/C14H12Cl2N4/c1-9-2-5-14-13(6-9)18-19-20(14)8-17-10-3-4-11(15)12(16)7-10/h2-7,17H,8H2,1H3. The Labute approximate surface area is 126 Å². The Bertz CT molecular complexity index is 767. The largest absolute Gasteiger partial charge is 0.366 e. The lowest BCUT2D eigenvalue weighted by molar-refractivity contribution is 0.655. The number of hydrogen-bond acceptors (Lipinski definition) is 3. The quantitative estimate of drug-likeness (QED) is 0.791. The maximum atomic E-state index is 5.98. The van der Waals surface area contributed by atoms with Crippen molar-refractivity contribution >= 4 is 39.9 Å². The van der Waals surface area contributed by atoms with E-state index in [4.69, 9.17) is 23.2 Å². The summed E-state index contributed by atoms with van der Waals surface area (Å²) in [6.45, 7) is 2.55. The molecule has 0 aliphatic rings. The summed E-state index contributed by atoms with van der Waals surface area (Å²) in [5.41, 5.74) is 3.93. The van der Waals surface area contributed by atoms with Gasteiger partial charge in [0.05, 0.1) is 15.6 Å². The number of nitrogens with zero attached hydrogens (tertiary/aromatic N) is 3. The van der Waals surface area contributed by atoms with Crippen LogP contribution in [0.4, 0.5) is 5.69 Å². The van der Waals surface area contributed by atoms with Crippen molar-refractivity contribution in [3.8, 4) is 0 Å². The van der Waals surface area contributed by atoms with Crippen LogP contribution in [0.25, 0.3) is 11.0 Å². The van der Waals surface area contributed by atoms with E-state index in [0.717, 1.165) is 16.7 Å². The predicted molar refractivity (Wildman–Crippen MR) is 82.3 cm³/mol. The van der Waals surface area contributed by atoms with Crippen molar-refractivity contribution < 1.29 is 0 Å². The lowest BCUT2D eigenvalue weighted by atomic mass is 10.2. The second kappa shape index (κ2) is 5.31. The molecule has 0 radical (unpaired) electrons. The van der Waals surface area contributed by atoms with Gasteiger partial charge in [-0.3, -0.25) is 0 Å². The van der Waals surface area contributed by atoms with Gasteiger partial charge in [0.2, 0.25) is 0 Å². The van der Waals surface area contributed by atoms with Gasteiger partial charge in [-0.1, -0.05) is 34.5 Å². The molecule has 3 rings (SSSR count). The van der Waals surface area contributed by atoms with E-state index < -0.39 is 0 Å². The number of benzene rings is 2. The van der Waals surface area contributed by atoms with Gasteiger partial charge >= 0.3 is 0 Å². The molecule has 6 heteroatoms. The van der Waals surface area contributed by atoms with Gasteiger partial charge in [0.1, 0.15) is 12.2 Å². The van der Waals surface area contributed by atoms with E-state index in [1.165, 1.54) is 5.56 Å². The summed E-state index contributed by atoms with van der Waals surface area (Å²) >= 11 is 11.9. The third-order valence-corrected chi connectivity index (χ3v) is 3.76. The van der Waals surface area contributed by atoms with Gasteiger partial charge < -0.3 is 5.32 Å². The molecule has 0 unspecified atom stereocenters. The van der Waals surface area contributed by atoms with Gasteiger partial charge in [-0.2, -0.15) is 0 Å². The molecule has 0 aliphatic heterocycles. The maximum absolute atomic E-state index is 5.98. The van der Waals surface area contributed by atoms with Gasteiger partial charge in [-0.25, -0.2) is 4.68 Å². The molecule has 102 valence electrons. The summed E-state index contributed by atoms with van der Waals surface area (Å²) in [5, 5.41) is 12.6. The lowest BCUT2D eigenvalue weighted by Gasteiger charge is -2.08. The highest BCUT2D eigenvalue weighted by atomic mass is 35.5. The molecule has 3 aromatic rings. The molecule has 0 spiro atoms. The zero-order valence-electron chi connectivity index (χ0n) is 10.8. The van der Waals surface area contributed by atoms with E-state index >= 15 is 0 Å². The SMILES string of the molecule is Cc1ccc2c(c1)nnn2CNc1ccc(Cl)c(Cl)c1. The van der Waals surface area contributed by atoms with E-state index in [1.807, 2.05) is 31.2 Å². The van der Waals surface area contributed by atoms with Crippen molar-refractivity contribution in [1.82, 2.24) is 15.0 Å². The lowest BCUT2D eigenvalue weighted by Crippen LogP contribution is -2.09. The minimum Gasteiger partial charge on any atom is -0.366 e. The zero-order chi connectivity index (χ0) is 14.1. The van der Waals surface area contributed by atoms with Crippen molar-refractivity contribution in [2.45, 2.75) is 13.6 Å². The number of rotatable bonds is 3. The molecule has 0 saturated heterocycles. The second-order valence-corrected chi connectivity index (χ2v) is 5.36. The highest BCUT2D eigenvalue weighted by molar-refractivity contribution is 6.42. The van der Waals surface area contributed by atoms with Crippen LogP contribution >= 0.6 is 23.2 Å². The minimum atomic E-state index is 0.511. The summed E-state index contributed by atoms with van der Waals surface area (Å²) in [7, 11) is 0. The van der Waals surface area contributed by atoms with Crippen LogP contribution < -0.4 is 5.32 Å². The Morgan fingerprint density at radius 2 is 1.95 bits per heavy atom. The highest BCUT2D eigenvalue weighted by Gasteiger charge is 2.04. The smallest absolute Gasteiger partial charge is 0.113 e. The Morgan fingerprint density at radius 1 is 1.10 bits per heavy atom. The molecule has 0 fully saturated rings. The van der Waals surface area contributed by atoms with E-state index in [2.05, 4.69) is 15.6 Å². The van der Waals surface area contributed by atoms with E-state index in [0.29, 0.717) is 16.7 Å². The third kappa shape index (κ3) is 2.57. The fourth-order valence-corrected chi connectivity index (χ4v) is 2.27. The van der Waals surface area contributed by atoms with Crippen LogP contribution in [-0.4, -0.2) is 15.0 Å². The maximum Gasteiger partial charge on any atom is 0.113 e. The first-order chi connectivity index (χ1) is 9.63. The summed E-state index contributed by atoms with van der Waals surface area (Å²) in [4.78, 5) is 0. The second-order valence-electron chi connectivity index (χ2n) is 4.54. The Morgan fingerprint density at radius 3 is 2.75 bits per heavy atom. The van der Waals surface area contributed by atoms with E-state index in [9.17, 15) is 0 Å². The van der Waals surface area contributed by atoms with E-state index in [-0.39, 0.29) is 0 Å². The van der Waals surface area contributed by atoms with Gasteiger partial charge in [0.25, 0.3) is 0 Å². The van der Waals surface area contributed by atoms with Crippen LogP contribution in [0.5, 0.6) is 0 Å². The molecule has 0 amide bonds. The average Bonchev–Trinajstić information content (AvgIpc) is 2.82. The first kappa shape index (κ1) is 13.2. The summed E-state index contributed by atoms with van der Waals surface area (Å²) in [6, 6.07) is 11.5. The topological polar surface area (TPSA) is 42.7 Å². The fourth-order valence-electron chi connectivity index (χ4n) is 1.97. The molecule has 1 aromatic heterocycles. The van der Waals surface area contributed by atoms with Gasteiger partial charge in [0, 0.05) is 5.69 Å². The van der Waals surface area contributed by atoms with Crippen molar-refractivity contribution in [2.75, 3.05) is 5.32 Å². The summed E-state index contributed by atoms with van der Waals surface area (Å²) in [5.74, 6) is 0. The Hall–Kier alpha value is -1.78. The first-order valence-electron chi connectivity index (χ1n) is 6.12. The van der Waals surface area contributed by atoms with Crippen LogP contribution in [0.3, 0.4) is 0 Å². The van der Waals surface area contributed by atoms with Crippen LogP contribution in [0.2, 0.25) is 10.0 Å². The monoisotopic (exact) mass is 306 g/mol. The van der Waals surface area contributed by atoms with Gasteiger partial charge in [-0.15, -0.1) is 5.10 Å². The van der Waals surface area contributed by atoms with Crippen molar-refractivity contribution in [3.63, 3.8) is 0 Å². The van der Waals surface area contributed by atoms with Crippen LogP contribution in [0.15, 0.2) is 36.4 Å². The van der Waals surface area contributed by atoms with Gasteiger partial charge in [0.15, 0.2) is 0 Å². The molecule has 0 atom stereocenters. The van der Waals surface area contributed by atoms with Crippen LogP contribution in [0.1, 0.15) is 5.56 Å². The number of hydrogen-bond donors (Lipinski definition) is 1. The van der Waals surface area contributed by atoms with Crippen LogP contribution in [0, 0.1) is 6.92 Å². The van der Waals surface area contributed by atoms with Crippen molar-refractivity contribution in [3.05, 3.63) is 52.0 Å². The number of anilines is 1. The van der Waals surface area contributed by atoms with Gasteiger partial charge in [-0.05, 0) is 42.8 Å². The van der Waals surface area contributed by atoms with Crippen molar-refractivity contribution in [2.24, 2.45) is 0 Å². The number of nitrogens with one attached hydrogen (secondary N) is 1. The number of aromatic nitrogens is 3. The average molecular weight is 307 g/mol. The first-order valence-corrected chi connectivity index (χ1v) is 6.88.